The second-order valence-electron chi connectivity index (χ2n) is 4.97. The molecular weight excluding hydrogens is 330 g/mol. The maximum Gasteiger partial charge on any atom is 0.262 e. The Morgan fingerprint density at radius 2 is 2.09 bits per heavy atom. The molecule has 0 aliphatic carbocycles. The van der Waals surface area contributed by atoms with E-state index in [1.54, 1.807) is 23.0 Å². The molecular formula is C17H14ClN3OS. The predicted octanol–water partition coefficient (Wildman–Crippen LogP) is 3.68. The number of nitrogens with zero attached hydrogens (tertiary/aromatic N) is 3. The summed E-state index contributed by atoms with van der Waals surface area (Å²) in [5.74, 6) is 0.499. The van der Waals surface area contributed by atoms with Gasteiger partial charge in [0, 0.05) is 23.2 Å². The van der Waals surface area contributed by atoms with Gasteiger partial charge in [0.2, 0.25) is 0 Å². The highest BCUT2D eigenvalue weighted by molar-refractivity contribution is 7.99. The van der Waals surface area contributed by atoms with Crippen LogP contribution in [0.15, 0.2) is 70.4 Å². The molecule has 116 valence electrons. The average molecular weight is 344 g/mol. The van der Waals surface area contributed by atoms with Crippen molar-refractivity contribution < 1.29 is 0 Å². The molecule has 0 radical (unpaired) electrons. The Balaban J connectivity index is 2.11. The van der Waals surface area contributed by atoms with Crippen LogP contribution < -0.4 is 5.56 Å². The molecule has 0 fully saturated rings. The molecule has 0 saturated carbocycles. The van der Waals surface area contributed by atoms with E-state index in [9.17, 15) is 4.79 Å². The van der Waals surface area contributed by atoms with Gasteiger partial charge in [-0.15, -0.1) is 0 Å². The molecule has 3 rings (SSSR count). The van der Waals surface area contributed by atoms with Gasteiger partial charge in [-0.3, -0.25) is 14.3 Å². The van der Waals surface area contributed by atoms with Crippen molar-refractivity contribution in [1.82, 2.24) is 14.5 Å². The van der Waals surface area contributed by atoms with E-state index >= 15 is 0 Å². The minimum Gasteiger partial charge on any atom is -0.283 e. The monoisotopic (exact) mass is 343 g/mol. The third kappa shape index (κ3) is 3.63. The summed E-state index contributed by atoms with van der Waals surface area (Å²) in [5.41, 5.74) is 1.56. The van der Waals surface area contributed by atoms with Crippen molar-refractivity contribution in [2.75, 3.05) is 5.75 Å². The first-order valence-electron chi connectivity index (χ1n) is 6.99. The van der Waals surface area contributed by atoms with Gasteiger partial charge < -0.3 is 0 Å². The molecule has 0 N–H and O–H groups in total. The van der Waals surface area contributed by atoms with E-state index in [4.69, 9.17) is 11.6 Å². The summed E-state index contributed by atoms with van der Waals surface area (Å²) >= 11 is 7.26. The quantitative estimate of drug-likeness (QED) is 0.523. The number of rotatable bonds is 5. The van der Waals surface area contributed by atoms with E-state index in [1.165, 1.54) is 11.8 Å². The summed E-state index contributed by atoms with van der Waals surface area (Å²) in [5, 5.41) is 1.75. The molecule has 0 unspecified atom stereocenters. The van der Waals surface area contributed by atoms with E-state index in [-0.39, 0.29) is 5.56 Å². The lowest BCUT2D eigenvalue weighted by Gasteiger charge is -2.12. The van der Waals surface area contributed by atoms with Gasteiger partial charge in [0.15, 0.2) is 5.16 Å². The molecule has 0 saturated heterocycles. The van der Waals surface area contributed by atoms with Crippen molar-refractivity contribution in [3.63, 3.8) is 0 Å². The lowest BCUT2D eigenvalue weighted by Crippen LogP contribution is -2.24. The second-order valence-corrected chi connectivity index (χ2v) is 6.45. The fourth-order valence-corrected chi connectivity index (χ4v) is 3.13. The molecule has 6 heteroatoms. The van der Waals surface area contributed by atoms with Gasteiger partial charge in [-0.2, -0.15) is 0 Å². The zero-order valence-electron chi connectivity index (χ0n) is 12.3. The number of fused-ring (bicyclic) bond motifs is 1. The van der Waals surface area contributed by atoms with Crippen LogP contribution >= 0.6 is 23.4 Å². The summed E-state index contributed by atoms with van der Waals surface area (Å²) in [7, 11) is 0. The van der Waals surface area contributed by atoms with Crippen molar-refractivity contribution in [3.05, 3.63) is 76.3 Å². The molecule has 0 spiro atoms. The summed E-state index contributed by atoms with van der Waals surface area (Å²) in [4.78, 5) is 21.5. The van der Waals surface area contributed by atoms with E-state index in [0.29, 0.717) is 33.4 Å². The van der Waals surface area contributed by atoms with Crippen LogP contribution in [0.4, 0.5) is 0 Å². The number of thioether (sulfide) groups is 1. The van der Waals surface area contributed by atoms with Crippen molar-refractivity contribution in [2.24, 2.45) is 0 Å². The average Bonchev–Trinajstić information content (AvgIpc) is 2.57. The molecule has 2 heterocycles. The topological polar surface area (TPSA) is 47.8 Å². The minimum atomic E-state index is -0.0675. The van der Waals surface area contributed by atoms with Crippen LogP contribution in [0.1, 0.15) is 5.56 Å². The van der Waals surface area contributed by atoms with Crippen LogP contribution in [0, 0.1) is 0 Å². The molecule has 0 aliphatic rings. The second kappa shape index (κ2) is 6.98. The van der Waals surface area contributed by atoms with Gasteiger partial charge in [-0.05, 0) is 23.8 Å². The fourth-order valence-electron chi connectivity index (χ4n) is 2.21. The molecule has 0 amide bonds. The van der Waals surface area contributed by atoms with Crippen molar-refractivity contribution in [1.29, 1.82) is 0 Å². The standard InChI is InChI=1S/C17H14ClN3OS/c1-12(18)11-23-17-20-15-7-3-2-6-14(15)16(22)21(17)10-13-5-4-8-19-9-13/h2-9H,1,10-11H2. The first-order valence-corrected chi connectivity index (χ1v) is 8.36. The zero-order valence-corrected chi connectivity index (χ0v) is 13.8. The number of benzene rings is 1. The van der Waals surface area contributed by atoms with Crippen molar-refractivity contribution in [2.45, 2.75) is 11.7 Å². The van der Waals surface area contributed by atoms with Crippen LogP contribution in [-0.2, 0) is 6.54 Å². The Hall–Kier alpha value is -2.11. The van der Waals surface area contributed by atoms with Gasteiger partial charge in [0.05, 0.1) is 17.4 Å². The smallest absolute Gasteiger partial charge is 0.262 e. The summed E-state index contributed by atoms with van der Waals surface area (Å²) in [6.07, 6.45) is 3.45. The Morgan fingerprint density at radius 3 is 2.83 bits per heavy atom. The Bertz CT molecular complexity index is 909. The highest BCUT2D eigenvalue weighted by Crippen LogP contribution is 2.21. The molecule has 1 aromatic carbocycles. The normalized spacial score (nSPS) is 10.8. The number of para-hydroxylation sites is 1. The highest BCUT2D eigenvalue weighted by Gasteiger charge is 2.12. The Labute approximate surface area is 142 Å². The Kier molecular flexibility index (Phi) is 4.79. The molecule has 3 aromatic rings. The fraction of sp³-hybridized carbons (Fsp3) is 0.118. The van der Waals surface area contributed by atoms with Gasteiger partial charge >= 0.3 is 0 Å². The number of pyridine rings is 1. The predicted molar refractivity (Wildman–Crippen MR) is 95.1 cm³/mol. The van der Waals surface area contributed by atoms with Gasteiger partial charge in [-0.1, -0.05) is 48.1 Å². The third-order valence-corrected chi connectivity index (χ3v) is 4.60. The maximum absolute atomic E-state index is 12.8. The molecule has 2 aromatic heterocycles. The molecule has 0 bridgehead atoms. The van der Waals surface area contributed by atoms with Crippen LogP contribution in [0.25, 0.3) is 10.9 Å². The van der Waals surface area contributed by atoms with Crippen molar-refractivity contribution in [3.8, 4) is 0 Å². The lowest BCUT2D eigenvalue weighted by atomic mass is 10.2. The van der Waals surface area contributed by atoms with Gasteiger partial charge in [-0.25, -0.2) is 4.98 Å². The molecule has 23 heavy (non-hydrogen) atoms. The SMILES string of the molecule is C=C(Cl)CSc1nc2ccccc2c(=O)n1Cc1cccnc1. The first-order chi connectivity index (χ1) is 11.1. The third-order valence-electron chi connectivity index (χ3n) is 3.25. The first kappa shape index (κ1) is 15.8. The number of aromatic nitrogens is 3. The van der Waals surface area contributed by atoms with Crippen LogP contribution in [-0.4, -0.2) is 20.3 Å². The largest absolute Gasteiger partial charge is 0.283 e. The Morgan fingerprint density at radius 1 is 1.26 bits per heavy atom. The van der Waals surface area contributed by atoms with E-state index in [0.717, 1.165) is 5.56 Å². The summed E-state index contributed by atoms with van der Waals surface area (Å²) in [6.45, 7) is 4.11. The summed E-state index contributed by atoms with van der Waals surface area (Å²) in [6, 6.07) is 11.1. The minimum absolute atomic E-state index is 0.0675. The van der Waals surface area contributed by atoms with Gasteiger partial charge in [0.25, 0.3) is 5.56 Å². The highest BCUT2D eigenvalue weighted by atomic mass is 35.5. The van der Waals surface area contributed by atoms with Crippen molar-refractivity contribution >= 4 is 34.3 Å². The van der Waals surface area contributed by atoms with Crippen LogP contribution in [0.2, 0.25) is 0 Å². The molecule has 0 aliphatic heterocycles. The number of halogens is 1. The number of hydrogen-bond donors (Lipinski definition) is 0. The lowest BCUT2D eigenvalue weighted by molar-refractivity contribution is 0.657. The maximum atomic E-state index is 12.8. The van der Waals surface area contributed by atoms with E-state index in [1.807, 2.05) is 30.3 Å². The van der Waals surface area contributed by atoms with Crippen LogP contribution in [0.5, 0.6) is 0 Å². The van der Waals surface area contributed by atoms with Crippen LogP contribution in [0.3, 0.4) is 0 Å². The summed E-state index contributed by atoms with van der Waals surface area (Å²) < 4.78 is 1.66. The molecule has 4 nitrogen and oxygen atoms in total. The molecule has 0 atom stereocenters. The van der Waals surface area contributed by atoms with E-state index < -0.39 is 0 Å². The van der Waals surface area contributed by atoms with Gasteiger partial charge in [0.1, 0.15) is 0 Å². The number of hydrogen-bond acceptors (Lipinski definition) is 4. The zero-order chi connectivity index (χ0) is 16.2. The van der Waals surface area contributed by atoms with E-state index in [2.05, 4.69) is 16.5 Å².